The molecule has 4 amide bonds. The zero-order valence-corrected chi connectivity index (χ0v) is 27.2. The zero-order chi connectivity index (χ0) is 32.6. The molecule has 0 bridgehead atoms. The van der Waals surface area contributed by atoms with Crippen LogP contribution >= 0.6 is 35.8 Å². The van der Waals surface area contributed by atoms with Gasteiger partial charge in [-0.15, -0.1) is 0 Å². The third-order valence-corrected chi connectivity index (χ3v) is 7.60. The van der Waals surface area contributed by atoms with Gasteiger partial charge in [0.05, 0.1) is 0 Å². The van der Waals surface area contributed by atoms with Crippen molar-refractivity contribution in [1.82, 2.24) is 21.3 Å². The van der Waals surface area contributed by atoms with E-state index in [0.29, 0.717) is 22.9 Å². The van der Waals surface area contributed by atoms with Crippen LogP contribution in [-0.4, -0.2) is 65.1 Å². The number of halogens is 2. The lowest BCUT2D eigenvalue weighted by molar-refractivity contribution is -0.138. The minimum atomic E-state index is -1.17. The van der Waals surface area contributed by atoms with Gasteiger partial charge >= 0.3 is 5.97 Å². The molecular weight excluding hydrogens is 627 g/mol. The smallest absolute Gasteiger partial charge is 0.303 e. The number of aryl methyl sites for hydroxylation is 1. The molecule has 0 aliphatic carbocycles. The summed E-state index contributed by atoms with van der Waals surface area (Å²) in [4.78, 5) is 63.3. The summed E-state index contributed by atoms with van der Waals surface area (Å²) in [7, 11) is 0. The van der Waals surface area contributed by atoms with Crippen LogP contribution in [0.1, 0.15) is 50.7 Å². The Morgan fingerprint density at radius 3 is 2.09 bits per heavy atom. The molecule has 44 heavy (non-hydrogen) atoms. The van der Waals surface area contributed by atoms with Crippen molar-refractivity contribution < 1.29 is 29.1 Å². The SMILES string of the molecule is CC(C)C[C@H](NC(=O)[C@H](CCC(=O)O)NC(=O)CCc1ccccc1)C(=O)N[C@@H](CS)C(=O)NCCc1ccc(Cl)cc1Cl. The number of thiol groups is 1. The van der Waals surface area contributed by atoms with Crippen molar-refractivity contribution in [2.24, 2.45) is 5.92 Å². The van der Waals surface area contributed by atoms with Crippen molar-refractivity contribution >= 4 is 65.4 Å². The van der Waals surface area contributed by atoms with Gasteiger partial charge in [-0.25, -0.2) is 0 Å². The second-order valence-electron chi connectivity index (χ2n) is 10.7. The normalized spacial score (nSPS) is 13.0. The molecule has 5 N–H and O–H groups in total. The van der Waals surface area contributed by atoms with Crippen LogP contribution in [0, 0.1) is 5.92 Å². The van der Waals surface area contributed by atoms with Crippen LogP contribution in [0.25, 0.3) is 0 Å². The molecule has 0 heterocycles. The maximum atomic E-state index is 13.3. The first kappa shape index (κ1) is 36.9. The summed E-state index contributed by atoms with van der Waals surface area (Å²) in [6, 6.07) is 11.2. The molecule has 10 nitrogen and oxygen atoms in total. The molecule has 0 spiro atoms. The van der Waals surface area contributed by atoms with E-state index in [2.05, 4.69) is 33.9 Å². The number of benzene rings is 2. The number of hydrogen-bond acceptors (Lipinski definition) is 6. The molecule has 2 rings (SSSR count). The summed E-state index contributed by atoms with van der Waals surface area (Å²) in [6.07, 6.45) is 0.698. The van der Waals surface area contributed by atoms with E-state index in [-0.39, 0.29) is 43.9 Å². The van der Waals surface area contributed by atoms with Crippen LogP contribution < -0.4 is 21.3 Å². The van der Waals surface area contributed by atoms with Crippen molar-refractivity contribution in [1.29, 1.82) is 0 Å². The lowest BCUT2D eigenvalue weighted by atomic mass is 10.0. The molecule has 0 aliphatic heterocycles. The highest BCUT2D eigenvalue weighted by Crippen LogP contribution is 2.21. The van der Waals surface area contributed by atoms with Crippen LogP contribution in [-0.2, 0) is 36.8 Å². The Bertz CT molecular complexity index is 1280. The molecular formula is C31H40Cl2N4O6S. The van der Waals surface area contributed by atoms with E-state index >= 15 is 0 Å². The van der Waals surface area contributed by atoms with Gasteiger partial charge in [-0.1, -0.05) is 73.4 Å². The Morgan fingerprint density at radius 2 is 1.48 bits per heavy atom. The van der Waals surface area contributed by atoms with Gasteiger partial charge in [0.2, 0.25) is 23.6 Å². The van der Waals surface area contributed by atoms with Crippen molar-refractivity contribution in [3.63, 3.8) is 0 Å². The van der Waals surface area contributed by atoms with E-state index < -0.39 is 47.7 Å². The number of carbonyl (C=O) groups excluding carboxylic acids is 4. The summed E-state index contributed by atoms with van der Waals surface area (Å²) in [5, 5.41) is 20.8. The largest absolute Gasteiger partial charge is 0.481 e. The van der Waals surface area contributed by atoms with Gasteiger partial charge in [0, 0.05) is 35.2 Å². The van der Waals surface area contributed by atoms with E-state index in [1.807, 2.05) is 44.2 Å². The van der Waals surface area contributed by atoms with Gasteiger partial charge in [-0.3, -0.25) is 24.0 Å². The molecule has 2 aromatic rings. The minimum Gasteiger partial charge on any atom is -0.481 e. The third-order valence-electron chi connectivity index (χ3n) is 6.65. The van der Waals surface area contributed by atoms with Gasteiger partial charge in [-0.05, 0) is 54.9 Å². The van der Waals surface area contributed by atoms with Gasteiger partial charge in [0.15, 0.2) is 0 Å². The number of amides is 4. The molecule has 0 fully saturated rings. The summed E-state index contributed by atoms with van der Waals surface area (Å²) < 4.78 is 0. The molecule has 0 saturated carbocycles. The second-order valence-corrected chi connectivity index (χ2v) is 12.0. The average Bonchev–Trinajstić information content (AvgIpc) is 2.97. The number of carboxylic acid groups (broad SMARTS) is 1. The topological polar surface area (TPSA) is 154 Å². The summed E-state index contributed by atoms with van der Waals surface area (Å²) in [5.41, 5.74) is 1.74. The second kappa shape index (κ2) is 19.2. The first-order valence-electron chi connectivity index (χ1n) is 14.4. The predicted molar refractivity (Wildman–Crippen MR) is 174 cm³/mol. The number of aliphatic carboxylic acids is 1. The average molecular weight is 668 g/mol. The van der Waals surface area contributed by atoms with Crippen LogP contribution in [0.4, 0.5) is 0 Å². The van der Waals surface area contributed by atoms with Gasteiger partial charge in [0.1, 0.15) is 18.1 Å². The first-order valence-corrected chi connectivity index (χ1v) is 15.8. The Balaban J connectivity index is 2.02. The molecule has 0 unspecified atom stereocenters. The Kier molecular flexibility index (Phi) is 16.1. The highest BCUT2D eigenvalue weighted by molar-refractivity contribution is 7.80. The van der Waals surface area contributed by atoms with E-state index in [4.69, 9.17) is 23.2 Å². The zero-order valence-electron chi connectivity index (χ0n) is 24.8. The Morgan fingerprint density at radius 1 is 0.818 bits per heavy atom. The first-order chi connectivity index (χ1) is 20.9. The van der Waals surface area contributed by atoms with Crippen molar-refractivity contribution in [2.75, 3.05) is 12.3 Å². The number of carboxylic acids is 1. The number of nitrogens with one attached hydrogen (secondary N) is 4. The van der Waals surface area contributed by atoms with Crippen molar-refractivity contribution in [3.8, 4) is 0 Å². The van der Waals surface area contributed by atoms with Crippen LogP contribution in [0.2, 0.25) is 10.0 Å². The maximum absolute atomic E-state index is 13.3. The molecule has 0 saturated heterocycles. The molecule has 0 radical (unpaired) electrons. The molecule has 0 aliphatic rings. The quantitative estimate of drug-likeness (QED) is 0.134. The number of rotatable bonds is 18. The van der Waals surface area contributed by atoms with Gasteiger partial charge < -0.3 is 26.4 Å². The lowest BCUT2D eigenvalue weighted by Gasteiger charge is -2.26. The van der Waals surface area contributed by atoms with E-state index in [0.717, 1.165) is 11.1 Å². The minimum absolute atomic E-state index is 0.000325. The lowest BCUT2D eigenvalue weighted by Crippen LogP contribution is -2.57. The van der Waals surface area contributed by atoms with Crippen LogP contribution in [0.3, 0.4) is 0 Å². The molecule has 3 atom stereocenters. The third kappa shape index (κ3) is 13.6. The summed E-state index contributed by atoms with van der Waals surface area (Å²) in [6.45, 7) is 3.98. The van der Waals surface area contributed by atoms with Gasteiger partial charge in [-0.2, -0.15) is 12.6 Å². The number of carbonyl (C=O) groups is 5. The fourth-order valence-corrected chi connectivity index (χ4v) is 5.08. The van der Waals surface area contributed by atoms with Crippen molar-refractivity contribution in [2.45, 2.75) is 70.5 Å². The Hall–Kier alpha value is -3.28. The van der Waals surface area contributed by atoms with Crippen LogP contribution in [0.5, 0.6) is 0 Å². The number of hydrogen-bond donors (Lipinski definition) is 6. The van der Waals surface area contributed by atoms with E-state index in [1.54, 1.807) is 18.2 Å². The molecule has 0 aromatic heterocycles. The van der Waals surface area contributed by atoms with Crippen molar-refractivity contribution in [3.05, 3.63) is 69.7 Å². The van der Waals surface area contributed by atoms with E-state index in [1.165, 1.54) is 0 Å². The highest BCUT2D eigenvalue weighted by Gasteiger charge is 2.30. The molecule has 240 valence electrons. The summed E-state index contributed by atoms with van der Waals surface area (Å²) >= 11 is 16.3. The standard InChI is InChI=1S/C31H40Cl2N4O6S/c1-19(2)16-25(31(43)37-26(18-44)29(41)34-15-14-21-9-10-22(32)17-23(21)33)36-30(42)24(11-13-28(39)40)35-27(38)12-8-20-6-4-3-5-7-20/h3-7,9-10,17,19,24-26,44H,8,11-16,18H2,1-2H3,(H,34,41)(H,35,38)(H,36,42)(H,37,43)(H,39,40)/t24-,25-,26-/m0/s1. The molecule has 13 heteroatoms. The highest BCUT2D eigenvalue weighted by atomic mass is 35.5. The monoisotopic (exact) mass is 666 g/mol. The fourth-order valence-electron chi connectivity index (χ4n) is 4.32. The molecule has 2 aromatic carbocycles. The maximum Gasteiger partial charge on any atom is 0.303 e. The van der Waals surface area contributed by atoms with Crippen LogP contribution in [0.15, 0.2) is 48.5 Å². The van der Waals surface area contributed by atoms with E-state index in [9.17, 15) is 29.1 Å². The summed E-state index contributed by atoms with van der Waals surface area (Å²) in [5.74, 6) is -3.31. The fraction of sp³-hybridized carbons (Fsp3) is 0.452. The van der Waals surface area contributed by atoms with Gasteiger partial charge in [0.25, 0.3) is 0 Å². The Labute approximate surface area is 273 Å². The predicted octanol–water partition coefficient (Wildman–Crippen LogP) is 3.58.